The highest BCUT2D eigenvalue weighted by atomic mass is 32.1. The summed E-state index contributed by atoms with van der Waals surface area (Å²) in [5.74, 6) is -0.424. The van der Waals surface area contributed by atoms with Crippen molar-refractivity contribution in [3.8, 4) is 11.3 Å². The van der Waals surface area contributed by atoms with E-state index >= 15 is 0 Å². The highest BCUT2D eigenvalue weighted by Crippen LogP contribution is 2.44. The summed E-state index contributed by atoms with van der Waals surface area (Å²) < 4.78 is 20.8. The number of carbonyl (C=O) groups is 1. The van der Waals surface area contributed by atoms with Gasteiger partial charge in [-0.15, -0.1) is 11.3 Å². The lowest BCUT2D eigenvalue weighted by Gasteiger charge is -2.27. The van der Waals surface area contributed by atoms with E-state index < -0.39 is 12.0 Å². The first kappa shape index (κ1) is 27.5. The van der Waals surface area contributed by atoms with Crippen molar-refractivity contribution in [3.63, 3.8) is 0 Å². The summed E-state index contributed by atoms with van der Waals surface area (Å²) in [7, 11) is 2.02. The van der Waals surface area contributed by atoms with Gasteiger partial charge in [0.1, 0.15) is 30.2 Å². The van der Waals surface area contributed by atoms with Crippen LogP contribution in [0.25, 0.3) is 22.4 Å². The average molecular weight is 580 g/mol. The Labute approximate surface area is 241 Å². The Bertz CT molecular complexity index is 1490. The number of anilines is 2. The van der Waals surface area contributed by atoms with Crippen LogP contribution in [0, 0.1) is 0 Å². The molecule has 0 saturated carbocycles. The molecular formula is C27H33N9O4S. The van der Waals surface area contributed by atoms with E-state index in [2.05, 4.69) is 35.5 Å². The van der Waals surface area contributed by atoms with Crippen molar-refractivity contribution in [2.24, 2.45) is 0 Å². The normalized spacial score (nSPS) is 23.2. The zero-order valence-corrected chi connectivity index (χ0v) is 23.9. The summed E-state index contributed by atoms with van der Waals surface area (Å²) in [5.41, 5.74) is 11.6. The summed E-state index contributed by atoms with van der Waals surface area (Å²) >= 11 is 1.55. The number of urea groups is 1. The Kier molecular flexibility index (Phi) is 7.57. The smallest absolute Gasteiger partial charge is 0.319 e. The molecule has 4 aromatic rings. The zero-order valence-electron chi connectivity index (χ0n) is 23.1. The van der Waals surface area contributed by atoms with Gasteiger partial charge < -0.3 is 35.5 Å². The van der Waals surface area contributed by atoms with Crippen LogP contribution in [0.3, 0.4) is 0 Å². The fourth-order valence-corrected chi connectivity index (χ4v) is 5.85. The Morgan fingerprint density at radius 2 is 1.95 bits per heavy atom. The number of nitrogens with one attached hydrogen (secondary N) is 2. The number of nitrogen functional groups attached to an aromatic ring is 1. The van der Waals surface area contributed by atoms with E-state index in [9.17, 15) is 4.79 Å². The van der Waals surface area contributed by atoms with E-state index in [1.54, 1.807) is 23.2 Å². The number of hydrogen-bond donors (Lipinski definition) is 3. The summed E-state index contributed by atoms with van der Waals surface area (Å²) in [5, 5.41) is 7.78. The van der Waals surface area contributed by atoms with Crippen LogP contribution in [0.4, 0.5) is 16.3 Å². The van der Waals surface area contributed by atoms with E-state index in [0.717, 1.165) is 29.9 Å². The molecule has 4 N–H and O–H groups in total. The molecule has 4 unspecified atom stereocenters. The number of amides is 2. The molecule has 6 rings (SSSR count). The second kappa shape index (κ2) is 11.3. The van der Waals surface area contributed by atoms with Gasteiger partial charge in [0.2, 0.25) is 0 Å². The number of imidazole rings is 1. The molecule has 0 aliphatic carbocycles. The number of nitrogens with zero attached hydrogens (tertiary/aromatic N) is 6. The van der Waals surface area contributed by atoms with Gasteiger partial charge in [-0.3, -0.25) is 4.57 Å². The highest BCUT2D eigenvalue weighted by molar-refractivity contribution is 7.07. The highest BCUT2D eigenvalue weighted by Gasteiger charge is 2.56. The van der Waals surface area contributed by atoms with Crippen molar-refractivity contribution >= 4 is 40.0 Å². The minimum absolute atomic E-state index is 0.239. The van der Waals surface area contributed by atoms with Crippen molar-refractivity contribution in [1.82, 2.24) is 34.7 Å². The van der Waals surface area contributed by atoms with Gasteiger partial charge in [0.05, 0.1) is 17.5 Å². The summed E-state index contributed by atoms with van der Waals surface area (Å²) in [6.07, 6.45) is 2.53. The van der Waals surface area contributed by atoms with Crippen LogP contribution in [0.5, 0.6) is 0 Å². The minimum Gasteiger partial charge on any atom is -0.382 e. The van der Waals surface area contributed by atoms with Crippen molar-refractivity contribution in [3.05, 3.63) is 47.8 Å². The molecule has 2 aliphatic rings. The molecule has 4 atom stereocenters. The molecule has 14 heteroatoms. The van der Waals surface area contributed by atoms with Gasteiger partial charge in [-0.2, -0.15) is 0 Å². The molecular weight excluding hydrogens is 546 g/mol. The minimum atomic E-state index is -0.739. The second-order valence-corrected chi connectivity index (χ2v) is 11.4. The Morgan fingerprint density at radius 3 is 2.73 bits per heavy atom. The van der Waals surface area contributed by atoms with E-state index in [1.807, 2.05) is 55.1 Å². The quantitative estimate of drug-likeness (QED) is 0.252. The molecule has 5 heterocycles. The first-order chi connectivity index (χ1) is 19.8. The van der Waals surface area contributed by atoms with Crippen LogP contribution >= 0.6 is 11.3 Å². The summed E-state index contributed by atoms with van der Waals surface area (Å²) in [6, 6.07) is 7.38. The third-order valence-corrected chi connectivity index (χ3v) is 7.74. The lowest BCUT2D eigenvalue weighted by Crippen LogP contribution is -2.39. The van der Waals surface area contributed by atoms with Gasteiger partial charge in [-0.05, 0) is 46.0 Å². The average Bonchev–Trinajstić information content (AvgIpc) is 3.73. The third-order valence-electron chi connectivity index (χ3n) is 7.15. The zero-order chi connectivity index (χ0) is 28.6. The molecule has 2 fully saturated rings. The molecule has 13 nitrogen and oxygen atoms in total. The predicted octanol–water partition coefficient (Wildman–Crippen LogP) is 3.09. The van der Waals surface area contributed by atoms with Crippen LogP contribution in [-0.4, -0.2) is 86.2 Å². The number of likely N-dealkylation sites (N-methyl/N-ethyl adjacent to an activating group) is 1. The second-order valence-electron chi connectivity index (χ2n) is 10.7. The number of carbonyl (C=O) groups excluding carboxylic acids is 1. The van der Waals surface area contributed by atoms with Gasteiger partial charge in [-0.1, -0.05) is 12.1 Å². The lowest BCUT2D eigenvalue weighted by molar-refractivity contribution is -0.197. The number of hydrogen-bond acceptors (Lipinski definition) is 11. The fraction of sp³-hybridized carbons (Fsp3) is 0.444. The Hall–Kier alpha value is -3.69. The number of benzene rings is 1. The molecule has 0 spiro atoms. The van der Waals surface area contributed by atoms with Crippen LogP contribution in [0.2, 0.25) is 0 Å². The molecule has 2 saturated heterocycles. The summed E-state index contributed by atoms with van der Waals surface area (Å²) in [4.78, 5) is 31.6. The molecule has 41 heavy (non-hydrogen) atoms. The van der Waals surface area contributed by atoms with E-state index in [0.29, 0.717) is 30.1 Å². The number of nitrogens with two attached hydrogens (primary N) is 1. The molecule has 1 aromatic carbocycles. The molecule has 0 bridgehead atoms. The van der Waals surface area contributed by atoms with Gasteiger partial charge in [0.25, 0.3) is 0 Å². The lowest BCUT2D eigenvalue weighted by atomic mass is 10.1. The van der Waals surface area contributed by atoms with Crippen LogP contribution in [-0.2, 0) is 14.2 Å². The monoisotopic (exact) mass is 579 g/mol. The van der Waals surface area contributed by atoms with Gasteiger partial charge in [0.15, 0.2) is 23.5 Å². The number of fused-ring (bicyclic) bond motifs is 2. The molecule has 216 valence electrons. The standard InChI is InChI=1S/C27H33N9O4S/c1-27(2)39-21-19(38-25(22(21)40-27)36-14-32-20-23(28)30-13-31-24(20)36)11-35(3)10-4-9-29-26(37)34-17-7-5-16(6-8-17)18-12-41-15-33-18/h5-8,12-15,19,21-22,25H,4,9-11H2,1-3H3,(H2,28,30,31)(H2,29,34,37). The van der Waals surface area contributed by atoms with E-state index in [4.69, 9.17) is 19.9 Å². The van der Waals surface area contributed by atoms with E-state index in [-0.39, 0.29) is 24.3 Å². The van der Waals surface area contributed by atoms with Crippen LogP contribution in [0.15, 0.2) is 47.8 Å². The largest absolute Gasteiger partial charge is 0.382 e. The maximum Gasteiger partial charge on any atom is 0.319 e. The number of ether oxygens (including phenoxy) is 3. The van der Waals surface area contributed by atoms with Crippen LogP contribution < -0.4 is 16.4 Å². The van der Waals surface area contributed by atoms with Gasteiger partial charge >= 0.3 is 6.03 Å². The number of aromatic nitrogens is 5. The fourth-order valence-electron chi connectivity index (χ4n) is 5.29. The first-order valence-corrected chi connectivity index (χ1v) is 14.4. The molecule has 2 amide bonds. The number of thiazole rings is 1. The Balaban J connectivity index is 0.996. The van der Waals surface area contributed by atoms with Crippen molar-refractivity contribution in [1.29, 1.82) is 0 Å². The first-order valence-electron chi connectivity index (χ1n) is 13.4. The topological polar surface area (TPSA) is 155 Å². The van der Waals surface area contributed by atoms with Crippen molar-refractivity contribution in [2.45, 2.75) is 50.6 Å². The van der Waals surface area contributed by atoms with Crippen molar-refractivity contribution < 1.29 is 19.0 Å². The summed E-state index contributed by atoms with van der Waals surface area (Å²) in [6.45, 7) is 5.72. The van der Waals surface area contributed by atoms with Crippen molar-refractivity contribution in [2.75, 3.05) is 37.7 Å². The predicted molar refractivity (Wildman–Crippen MR) is 154 cm³/mol. The maximum atomic E-state index is 12.4. The molecule has 3 aromatic heterocycles. The molecule has 0 radical (unpaired) electrons. The Morgan fingerprint density at radius 1 is 1.15 bits per heavy atom. The van der Waals surface area contributed by atoms with Gasteiger partial charge in [-0.25, -0.2) is 24.7 Å². The van der Waals surface area contributed by atoms with Crippen LogP contribution in [0.1, 0.15) is 26.5 Å². The third kappa shape index (κ3) is 5.87. The SMILES string of the molecule is CN(CCCNC(=O)Nc1ccc(-c2cscn2)cc1)CC1OC(n2cnc3c(N)ncnc32)C2OC(C)(C)OC12. The maximum absolute atomic E-state index is 12.4. The number of rotatable bonds is 9. The van der Waals surface area contributed by atoms with Gasteiger partial charge in [0, 0.05) is 29.7 Å². The molecule has 2 aliphatic heterocycles. The van der Waals surface area contributed by atoms with E-state index in [1.165, 1.54) is 6.33 Å².